The van der Waals surface area contributed by atoms with Gasteiger partial charge in [-0.1, -0.05) is 51.1 Å². The molecule has 0 radical (unpaired) electrons. The molecule has 1 aliphatic carbocycles. The van der Waals surface area contributed by atoms with Gasteiger partial charge >= 0.3 is 0 Å². The Labute approximate surface area is 129 Å². The Balaban J connectivity index is 1.62. The van der Waals surface area contributed by atoms with E-state index in [2.05, 4.69) is 43.2 Å². The van der Waals surface area contributed by atoms with Crippen LogP contribution in [-0.2, 0) is 5.41 Å². The molecule has 2 atom stereocenters. The van der Waals surface area contributed by atoms with Crippen molar-refractivity contribution in [2.75, 3.05) is 0 Å². The molecule has 0 saturated heterocycles. The number of carbonyl (C=O) groups excluding carboxylic acids is 1. The number of rotatable bonds is 3. The second kappa shape index (κ2) is 5.26. The van der Waals surface area contributed by atoms with Gasteiger partial charge in [-0.3, -0.25) is 4.79 Å². The van der Waals surface area contributed by atoms with Gasteiger partial charge < -0.3 is 5.32 Å². The first-order chi connectivity index (χ1) is 9.95. The zero-order chi connectivity index (χ0) is 15.0. The molecule has 1 fully saturated rings. The monoisotopic (exact) mass is 300 g/mol. The molecule has 0 bridgehead atoms. The van der Waals surface area contributed by atoms with Gasteiger partial charge in [0.2, 0.25) is 0 Å². The van der Waals surface area contributed by atoms with Crippen LogP contribution in [0.1, 0.15) is 53.4 Å². The van der Waals surface area contributed by atoms with Gasteiger partial charge in [-0.25, -0.2) is 4.98 Å². The Morgan fingerprint density at radius 3 is 2.62 bits per heavy atom. The van der Waals surface area contributed by atoms with Gasteiger partial charge in [-0.2, -0.15) is 0 Å². The first-order valence-electron chi connectivity index (χ1n) is 7.27. The van der Waals surface area contributed by atoms with Crippen molar-refractivity contribution in [1.29, 1.82) is 0 Å². The second-order valence-electron chi connectivity index (χ2n) is 6.61. The molecule has 1 aromatic heterocycles. The molecule has 1 saturated carbocycles. The van der Waals surface area contributed by atoms with Gasteiger partial charge in [0.25, 0.3) is 5.91 Å². The van der Waals surface area contributed by atoms with Crippen molar-refractivity contribution in [3.05, 3.63) is 52.0 Å². The lowest BCUT2D eigenvalue weighted by Gasteiger charge is -2.13. The summed E-state index contributed by atoms with van der Waals surface area (Å²) in [5.41, 5.74) is 1.30. The molecule has 1 amide bonds. The highest BCUT2D eigenvalue weighted by molar-refractivity contribution is 7.13. The Kier molecular flexibility index (Phi) is 3.57. The third-order valence-corrected chi connectivity index (χ3v) is 5.13. The lowest BCUT2D eigenvalue weighted by atomic mass is 9.98. The zero-order valence-electron chi connectivity index (χ0n) is 12.6. The molecule has 0 aliphatic heterocycles. The van der Waals surface area contributed by atoms with Crippen LogP contribution in [0.3, 0.4) is 0 Å². The van der Waals surface area contributed by atoms with Crippen molar-refractivity contribution < 1.29 is 4.79 Å². The maximum absolute atomic E-state index is 12.3. The Morgan fingerprint density at radius 1 is 1.29 bits per heavy atom. The van der Waals surface area contributed by atoms with E-state index in [-0.39, 0.29) is 17.4 Å². The fraction of sp³-hybridized carbons (Fsp3) is 0.412. The number of aromatic nitrogens is 1. The molecule has 3 rings (SSSR count). The van der Waals surface area contributed by atoms with Crippen molar-refractivity contribution in [2.24, 2.45) is 0 Å². The summed E-state index contributed by atoms with van der Waals surface area (Å²) in [7, 11) is 0. The predicted molar refractivity (Wildman–Crippen MR) is 85.9 cm³/mol. The average molecular weight is 300 g/mol. The van der Waals surface area contributed by atoms with E-state index < -0.39 is 0 Å². The highest BCUT2D eigenvalue weighted by Crippen LogP contribution is 2.40. The molecule has 1 aliphatic rings. The van der Waals surface area contributed by atoms with E-state index >= 15 is 0 Å². The number of thiazole rings is 1. The molecule has 3 nitrogen and oxygen atoms in total. The number of nitrogens with zero attached hydrogens (tertiary/aromatic N) is 1. The number of amides is 1. The van der Waals surface area contributed by atoms with Crippen LogP contribution in [0, 0.1) is 0 Å². The standard InChI is InChI=1S/C17H20N2OS/c1-17(2,3)16-18-10-14(21-16)15(20)19-13-9-12(13)11-7-5-4-6-8-11/h4-8,10,12-13H,9H2,1-3H3,(H,19,20). The molecular formula is C17H20N2OS. The molecule has 0 spiro atoms. The summed E-state index contributed by atoms with van der Waals surface area (Å²) in [6, 6.07) is 10.6. The largest absolute Gasteiger partial charge is 0.348 e. The van der Waals surface area contributed by atoms with Crippen molar-refractivity contribution >= 4 is 17.2 Å². The van der Waals surface area contributed by atoms with Crippen LogP contribution in [0.5, 0.6) is 0 Å². The normalized spacial score (nSPS) is 21.1. The van der Waals surface area contributed by atoms with Gasteiger partial charge in [-0.15, -0.1) is 11.3 Å². The fourth-order valence-electron chi connectivity index (χ4n) is 2.39. The van der Waals surface area contributed by atoms with E-state index in [1.54, 1.807) is 6.20 Å². The van der Waals surface area contributed by atoms with E-state index in [0.29, 0.717) is 10.8 Å². The van der Waals surface area contributed by atoms with Crippen molar-refractivity contribution in [1.82, 2.24) is 10.3 Å². The zero-order valence-corrected chi connectivity index (χ0v) is 13.4. The third kappa shape index (κ3) is 3.16. The van der Waals surface area contributed by atoms with E-state index in [0.717, 1.165) is 11.4 Å². The summed E-state index contributed by atoms with van der Waals surface area (Å²) in [5.74, 6) is 0.469. The lowest BCUT2D eigenvalue weighted by molar-refractivity contribution is 0.0954. The Bertz CT molecular complexity index is 642. The highest BCUT2D eigenvalue weighted by Gasteiger charge is 2.39. The summed E-state index contributed by atoms with van der Waals surface area (Å²) >= 11 is 1.49. The molecule has 2 unspecified atom stereocenters. The lowest BCUT2D eigenvalue weighted by Crippen LogP contribution is -2.25. The Morgan fingerprint density at radius 2 is 2.00 bits per heavy atom. The number of carbonyl (C=O) groups is 1. The maximum atomic E-state index is 12.3. The van der Waals surface area contributed by atoms with E-state index in [1.807, 2.05) is 18.2 Å². The predicted octanol–water partition coefficient (Wildman–Crippen LogP) is 3.73. The molecule has 1 aromatic carbocycles. The average Bonchev–Trinajstić information content (AvgIpc) is 3.01. The van der Waals surface area contributed by atoms with E-state index in [9.17, 15) is 4.79 Å². The summed E-state index contributed by atoms with van der Waals surface area (Å²) in [6.07, 6.45) is 2.72. The minimum atomic E-state index is -0.00461. The molecule has 21 heavy (non-hydrogen) atoms. The molecule has 4 heteroatoms. The van der Waals surface area contributed by atoms with Crippen molar-refractivity contribution in [2.45, 2.75) is 44.6 Å². The molecule has 1 N–H and O–H groups in total. The van der Waals surface area contributed by atoms with Crippen LogP contribution in [0.2, 0.25) is 0 Å². The quantitative estimate of drug-likeness (QED) is 0.938. The topological polar surface area (TPSA) is 42.0 Å². The maximum Gasteiger partial charge on any atom is 0.263 e. The second-order valence-corrected chi connectivity index (χ2v) is 7.64. The van der Waals surface area contributed by atoms with Crippen LogP contribution in [-0.4, -0.2) is 16.9 Å². The SMILES string of the molecule is CC(C)(C)c1ncc(C(=O)NC2CC2c2ccccc2)s1. The minimum Gasteiger partial charge on any atom is -0.348 e. The van der Waals surface area contributed by atoms with Crippen molar-refractivity contribution in [3.63, 3.8) is 0 Å². The first-order valence-corrected chi connectivity index (χ1v) is 8.09. The summed E-state index contributed by atoms with van der Waals surface area (Å²) in [6.45, 7) is 6.33. The van der Waals surface area contributed by atoms with Gasteiger partial charge in [0.05, 0.1) is 11.2 Å². The van der Waals surface area contributed by atoms with Crippen LogP contribution in [0.25, 0.3) is 0 Å². The Hall–Kier alpha value is -1.68. The number of benzene rings is 1. The smallest absolute Gasteiger partial charge is 0.263 e. The summed E-state index contributed by atoms with van der Waals surface area (Å²) in [5, 5.41) is 4.12. The molecule has 1 heterocycles. The van der Waals surface area contributed by atoms with Gasteiger partial charge in [-0.05, 0) is 12.0 Å². The van der Waals surface area contributed by atoms with Crippen LogP contribution in [0.4, 0.5) is 0 Å². The van der Waals surface area contributed by atoms with Crippen LogP contribution in [0.15, 0.2) is 36.5 Å². The third-order valence-electron chi connectivity index (χ3n) is 3.71. The summed E-state index contributed by atoms with van der Waals surface area (Å²) in [4.78, 5) is 17.3. The number of nitrogens with one attached hydrogen (secondary N) is 1. The fourth-order valence-corrected chi connectivity index (χ4v) is 3.27. The molecule has 110 valence electrons. The number of hydrogen-bond donors (Lipinski definition) is 1. The van der Waals surface area contributed by atoms with Crippen molar-refractivity contribution in [3.8, 4) is 0 Å². The summed E-state index contributed by atoms with van der Waals surface area (Å²) < 4.78 is 0. The van der Waals surface area contributed by atoms with Gasteiger partial charge in [0, 0.05) is 17.4 Å². The molecular weight excluding hydrogens is 280 g/mol. The van der Waals surface area contributed by atoms with Gasteiger partial charge in [0.15, 0.2) is 0 Å². The van der Waals surface area contributed by atoms with Crippen LogP contribution >= 0.6 is 11.3 Å². The van der Waals surface area contributed by atoms with E-state index in [4.69, 9.17) is 0 Å². The number of hydrogen-bond acceptors (Lipinski definition) is 3. The minimum absolute atomic E-state index is 0.00461. The highest BCUT2D eigenvalue weighted by atomic mass is 32.1. The van der Waals surface area contributed by atoms with Crippen LogP contribution < -0.4 is 5.32 Å². The van der Waals surface area contributed by atoms with E-state index in [1.165, 1.54) is 16.9 Å². The first kappa shape index (κ1) is 14.3. The molecule has 2 aromatic rings. The van der Waals surface area contributed by atoms with Gasteiger partial charge in [0.1, 0.15) is 4.88 Å².